The van der Waals surface area contributed by atoms with Gasteiger partial charge in [-0.05, 0) is 19.3 Å². The Morgan fingerprint density at radius 2 is 2.31 bits per heavy atom. The van der Waals surface area contributed by atoms with Crippen molar-refractivity contribution in [2.24, 2.45) is 0 Å². The molecular formula is C12H19NO2S. The Morgan fingerprint density at radius 1 is 1.56 bits per heavy atom. The first-order valence-electron chi connectivity index (χ1n) is 5.99. The second kappa shape index (κ2) is 5.75. The molecule has 0 spiro atoms. The molecule has 1 aromatic heterocycles. The molecule has 0 bridgehead atoms. The van der Waals surface area contributed by atoms with Crippen LogP contribution < -0.4 is 0 Å². The maximum absolute atomic E-state index is 9.25. The van der Waals surface area contributed by atoms with Crippen molar-refractivity contribution in [3.63, 3.8) is 0 Å². The van der Waals surface area contributed by atoms with Gasteiger partial charge >= 0.3 is 0 Å². The zero-order chi connectivity index (χ0) is 11.4. The van der Waals surface area contributed by atoms with E-state index in [0.717, 1.165) is 37.5 Å². The van der Waals surface area contributed by atoms with Gasteiger partial charge in [-0.25, -0.2) is 4.98 Å². The number of aliphatic hydroxyl groups excluding tert-OH is 1. The molecule has 1 atom stereocenters. The Hall–Kier alpha value is -0.450. The summed E-state index contributed by atoms with van der Waals surface area (Å²) in [7, 11) is 0. The highest BCUT2D eigenvalue weighted by Crippen LogP contribution is 2.30. The van der Waals surface area contributed by atoms with Crippen molar-refractivity contribution in [3.8, 4) is 0 Å². The van der Waals surface area contributed by atoms with E-state index in [-0.39, 0.29) is 12.5 Å². The Balaban J connectivity index is 2.05. The molecule has 3 nitrogen and oxygen atoms in total. The zero-order valence-corrected chi connectivity index (χ0v) is 10.5. The lowest BCUT2D eigenvalue weighted by molar-refractivity contribution is 0.0845. The maximum Gasteiger partial charge on any atom is 0.0982 e. The molecular weight excluding hydrogens is 222 g/mol. The third kappa shape index (κ3) is 2.62. The minimum atomic E-state index is 0.206. The van der Waals surface area contributed by atoms with Crippen LogP contribution in [0.25, 0.3) is 0 Å². The third-order valence-corrected chi connectivity index (χ3v) is 4.27. The highest BCUT2D eigenvalue weighted by molar-refractivity contribution is 7.09. The van der Waals surface area contributed by atoms with E-state index in [9.17, 15) is 5.11 Å². The van der Waals surface area contributed by atoms with E-state index < -0.39 is 0 Å². The largest absolute Gasteiger partial charge is 0.396 e. The van der Waals surface area contributed by atoms with Gasteiger partial charge in [0.2, 0.25) is 0 Å². The lowest BCUT2D eigenvalue weighted by atomic mass is 9.97. The van der Waals surface area contributed by atoms with Crippen molar-refractivity contribution in [3.05, 3.63) is 16.1 Å². The Bertz CT molecular complexity index is 317. The Kier molecular flexibility index (Phi) is 4.32. The van der Waals surface area contributed by atoms with Crippen LogP contribution >= 0.6 is 11.3 Å². The van der Waals surface area contributed by atoms with E-state index in [0.29, 0.717) is 5.92 Å². The molecule has 2 heterocycles. The molecule has 1 aromatic rings. The van der Waals surface area contributed by atoms with Gasteiger partial charge in [-0.3, -0.25) is 0 Å². The number of thiazole rings is 1. The molecule has 4 heteroatoms. The van der Waals surface area contributed by atoms with Gasteiger partial charge in [-0.1, -0.05) is 6.92 Å². The fourth-order valence-corrected chi connectivity index (χ4v) is 3.13. The number of aromatic nitrogens is 1. The summed E-state index contributed by atoms with van der Waals surface area (Å²) in [6.45, 7) is 4.01. The van der Waals surface area contributed by atoms with Crippen molar-refractivity contribution in [1.82, 2.24) is 4.98 Å². The zero-order valence-electron chi connectivity index (χ0n) is 9.69. The number of nitrogens with zero attached hydrogens (tertiary/aromatic N) is 1. The third-order valence-electron chi connectivity index (χ3n) is 3.24. The molecule has 1 unspecified atom stereocenters. The van der Waals surface area contributed by atoms with Gasteiger partial charge in [0.25, 0.3) is 0 Å². The van der Waals surface area contributed by atoms with E-state index in [2.05, 4.69) is 17.3 Å². The molecule has 2 rings (SSSR count). The van der Waals surface area contributed by atoms with Crippen molar-refractivity contribution in [2.75, 3.05) is 19.8 Å². The standard InChI is InChI=1S/C12H19NO2S/c1-2-9(7-14)12-13-11(8-16-12)10-3-5-15-6-4-10/h8-10,14H,2-7H2,1H3. The minimum Gasteiger partial charge on any atom is -0.396 e. The highest BCUT2D eigenvalue weighted by atomic mass is 32.1. The summed E-state index contributed by atoms with van der Waals surface area (Å²) < 4.78 is 5.35. The summed E-state index contributed by atoms with van der Waals surface area (Å²) in [6, 6.07) is 0. The van der Waals surface area contributed by atoms with Gasteiger partial charge in [0, 0.05) is 30.4 Å². The number of aliphatic hydroxyl groups is 1. The molecule has 1 fully saturated rings. The smallest absolute Gasteiger partial charge is 0.0982 e. The fraction of sp³-hybridized carbons (Fsp3) is 0.750. The van der Waals surface area contributed by atoms with Crippen LogP contribution in [0.1, 0.15) is 48.7 Å². The van der Waals surface area contributed by atoms with E-state index in [1.807, 2.05) is 0 Å². The first-order chi connectivity index (χ1) is 7.85. The van der Waals surface area contributed by atoms with Crippen LogP contribution in [0, 0.1) is 0 Å². The average Bonchev–Trinajstić information content (AvgIpc) is 2.81. The SMILES string of the molecule is CCC(CO)c1nc(C2CCOCC2)cs1. The summed E-state index contributed by atoms with van der Waals surface area (Å²) in [5.74, 6) is 0.786. The Morgan fingerprint density at radius 3 is 2.94 bits per heavy atom. The molecule has 1 aliphatic rings. The van der Waals surface area contributed by atoms with Crippen LogP contribution in [0.3, 0.4) is 0 Å². The summed E-state index contributed by atoms with van der Waals surface area (Å²) in [5, 5.41) is 12.5. The molecule has 16 heavy (non-hydrogen) atoms. The van der Waals surface area contributed by atoms with Crippen LogP contribution in [0.2, 0.25) is 0 Å². The lowest BCUT2D eigenvalue weighted by Gasteiger charge is -2.20. The monoisotopic (exact) mass is 241 g/mol. The molecule has 0 saturated carbocycles. The predicted octanol–water partition coefficient (Wildman–Crippen LogP) is 2.52. The lowest BCUT2D eigenvalue weighted by Crippen LogP contribution is -2.14. The van der Waals surface area contributed by atoms with Gasteiger partial charge in [-0.2, -0.15) is 0 Å². The molecule has 90 valence electrons. The number of rotatable bonds is 4. The van der Waals surface area contributed by atoms with Crippen LogP contribution in [-0.2, 0) is 4.74 Å². The summed E-state index contributed by atoms with van der Waals surface area (Å²) in [5.41, 5.74) is 1.20. The van der Waals surface area contributed by atoms with Crippen molar-refractivity contribution < 1.29 is 9.84 Å². The number of ether oxygens (including phenoxy) is 1. The molecule has 0 amide bonds. The minimum absolute atomic E-state index is 0.206. The highest BCUT2D eigenvalue weighted by Gasteiger charge is 2.20. The van der Waals surface area contributed by atoms with Gasteiger partial charge in [0.15, 0.2) is 0 Å². The molecule has 0 aromatic carbocycles. The van der Waals surface area contributed by atoms with E-state index >= 15 is 0 Å². The first-order valence-corrected chi connectivity index (χ1v) is 6.87. The van der Waals surface area contributed by atoms with Crippen LogP contribution in [0.15, 0.2) is 5.38 Å². The van der Waals surface area contributed by atoms with Gasteiger partial charge < -0.3 is 9.84 Å². The average molecular weight is 241 g/mol. The number of hydrogen-bond acceptors (Lipinski definition) is 4. The topological polar surface area (TPSA) is 42.4 Å². The van der Waals surface area contributed by atoms with Crippen molar-refractivity contribution in [2.45, 2.75) is 38.0 Å². The predicted molar refractivity (Wildman–Crippen MR) is 65.0 cm³/mol. The molecule has 1 aliphatic heterocycles. The summed E-state index contributed by atoms with van der Waals surface area (Å²) >= 11 is 1.69. The molecule has 1 N–H and O–H groups in total. The molecule has 0 aliphatic carbocycles. The second-order valence-electron chi connectivity index (χ2n) is 4.29. The summed E-state index contributed by atoms with van der Waals surface area (Å²) in [4.78, 5) is 4.68. The van der Waals surface area contributed by atoms with Gasteiger partial charge in [-0.15, -0.1) is 11.3 Å². The number of hydrogen-bond donors (Lipinski definition) is 1. The molecule has 0 radical (unpaired) electrons. The van der Waals surface area contributed by atoms with Crippen LogP contribution in [-0.4, -0.2) is 29.9 Å². The Labute approximate surface area is 100 Å². The van der Waals surface area contributed by atoms with Crippen LogP contribution in [0.4, 0.5) is 0 Å². The molecule has 1 saturated heterocycles. The van der Waals surface area contributed by atoms with Crippen molar-refractivity contribution >= 4 is 11.3 Å². The second-order valence-corrected chi connectivity index (χ2v) is 5.17. The van der Waals surface area contributed by atoms with Crippen molar-refractivity contribution in [1.29, 1.82) is 0 Å². The van der Waals surface area contributed by atoms with Crippen LogP contribution in [0.5, 0.6) is 0 Å². The fourth-order valence-electron chi connectivity index (χ4n) is 2.05. The van der Waals surface area contributed by atoms with E-state index in [4.69, 9.17) is 4.74 Å². The summed E-state index contributed by atoms with van der Waals surface area (Å²) in [6.07, 6.45) is 3.12. The normalized spacial score (nSPS) is 19.9. The van der Waals surface area contributed by atoms with E-state index in [1.165, 1.54) is 5.69 Å². The maximum atomic E-state index is 9.25. The first kappa shape index (κ1) is 12.0. The quantitative estimate of drug-likeness (QED) is 0.880. The van der Waals surface area contributed by atoms with E-state index in [1.54, 1.807) is 11.3 Å². The van der Waals surface area contributed by atoms with Gasteiger partial charge in [0.1, 0.15) is 0 Å². The van der Waals surface area contributed by atoms with Gasteiger partial charge in [0.05, 0.1) is 17.3 Å².